The second-order valence-corrected chi connectivity index (χ2v) is 9.64. The fourth-order valence-electron chi connectivity index (χ4n) is 3.53. The molecule has 0 saturated carbocycles. The number of ether oxygens (including phenoxy) is 2. The molecule has 4 rings (SSSR count). The zero-order chi connectivity index (χ0) is 28.3. The van der Waals surface area contributed by atoms with E-state index in [9.17, 15) is 24.3 Å². The molecule has 5 amide bonds. The number of hydrogen-bond acceptors (Lipinski definition) is 7. The van der Waals surface area contributed by atoms with Crippen molar-refractivity contribution < 1.29 is 33.8 Å². The molecule has 0 aromatic heterocycles. The molecule has 200 valence electrons. The number of barbiturate groups is 1. The van der Waals surface area contributed by atoms with E-state index in [2.05, 4.69) is 26.6 Å². The SMILES string of the molecule is COc1cc(/C=C2/C(=O)NC(=O)N(c3ccc(O)cc3)C2=O)cc(Br)c1OCC(=O)Nc1ccc(Cl)c(Cl)c1. The highest BCUT2D eigenvalue weighted by Gasteiger charge is 2.37. The lowest BCUT2D eigenvalue weighted by atomic mass is 10.1. The van der Waals surface area contributed by atoms with Gasteiger partial charge in [-0.25, -0.2) is 9.69 Å². The van der Waals surface area contributed by atoms with Crippen LogP contribution in [0.25, 0.3) is 6.08 Å². The van der Waals surface area contributed by atoms with Crippen LogP contribution in [-0.2, 0) is 14.4 Å². The van der Waals surface area contributed by atoms with Gasteiger partial charge in [0, 0.05) is 5.69 Å². The fourth-order valence-corrected chi connectivity index (χ4v) is 4.40. The largest absolute Gasteiger partial charge is 0.508 e. The van der Waals surface area contributed by atoms with Gasteiger partial charge in [-0.05, 0) is 82.2 Å². The Labute approximate surface area is 240 Å². The number of urea groups is 1. The third kappa shape index (κ3) is 6.33. The molecule has 0 atom stereocenters. The summed E-state index contributed by atoms with van der Waals surface area (Å²) in [7, 11) is 1.38. The number of nitrogens with one attached hydrogen (secondary N) is 2. The van der Waals surface area contributed by atoms with Gasteiger partial charge in [-0.1, -0.05) is 23.2 Å². The molecule has 0 bridgehead atoms. The number of amides is 5. The molecule has 1 aliphatic heterocycles. The summed E-state index contributed by atoms with van der Waals surface area (Å²) in [6, 6.07) is 12.1. The van der Waals surface area contributed by atoms with E-state index in [0.717, 1.165) is 4.90 Å². The highest BCUT2D eigenvalue weighted by Crippen LogP contribution is 2.37. The minimum Gasteiger partial charge on any atom is -0.508 e. The zero-order valence-electron chi connectivity index (χ0n) is 20.0. The molecule has 0 radical (unpaired) electrons. The Morgan fingerprint density at radius 1 is 1.08 bits per heavy atom. The highest BCUT2D eigenvalue weighted by molar-refractivity contribution is 9.10. The van der Waals surface area contributed by atoms with Crippen molar-refractivity contribution in [3.8, 4) is 17.2 Å². The Balaban J connectivity index is 1.54. The molecule has 0 aliphatic carbocycles. The summed E-state index contributed by atoms with van der Waals surface area (Å²) in [5.74, 6) is -1.87. The maximum atomic E-state index is 13.1. The van der Waals surface area contributed by atoms with Crippen molar-refractivity contribution in [1.29, 1.82) is 0 Å². The summed E-state index contributed by atoms with van der Waals surface area (Å²) in [5, 5.41) is 14.9. The van der Waals surface area contributed by atoms with E-state index in [1.165, 1.54) is 49.6 Å². The molecule has 1 aliphatic rings. The van der Waals surface area contributed by atoms with Crippen LogP contribution in [0.1, 0.15) is 5.56 Å². The Morgan fingerprint density at radius 2 is 1.79 bits per heavy atom. The monoisotopic (exact) mass is 633 g/mol. The minimum atomic E-state index is -0.922. The van der Waals surface area contributed by atoms with Crippen molar-refractivity contribution in [2.45, 2.75) is 0 Å². The van der Waals surface area contributed by atoms with Crippen LogP contribution in [0.15, 0.2) is 64.6 Å². The number of hydrogen-bond donors (Lipinski definition) is 3. The van der Waals surface area contributed by atoms with Crippen LogP contribution in [0, 0.1) is 0 Å². The number of rotatable bonds is 7. The van der Waals surface area contributed by atoms with Gasteiger partial charge in [0.05, 0.1) is 27.3 Å². The number of phenols is 1. The number of carbonyl (C=O) groups is 4. The van der Waals surface area contributed by atoms with E-state index in [0.29, 0.717) is 20.7 Å². The van der Waals surface area contributed by atoms with E-state index >= 15 is 0 Å². The van der Waals surface area contributed by atoms with E-state index in [1.807, 2.05) is 0 Å². The van der Waals surface area contributed by atoms with Gasteiger partial charge in [0.25, 0.3) is 17.7 Å². The zero-order valence-corrected chi connectivity index (χ0v) is 23.1. The third-order valence-corrected chi connectivity index (χ3v) is 6.65. The summed E-state index contributed by atoms with van der Waals surface area (Å²) < 4.78 is 11.4. The maximum Gasteiger partial charge on any atom is 0.335 e. The van der Waals surface area contributed by atoms with E-state index in [1.54, 1.807) is 18.2 Å². The molecule has 39 heavy (non-hydrogen) atoms. The maximum absolute atomic E-state index is 13.1. The predicted molar refractivity (Wildman–Crippen MR) is 148 cm³/mol. The van der Waals surface area contributed by atoms with Crippen LogP contribution in [0.3, 0.4) is 0 Å². The van der Waals surface area contributed by atoms with E-state index in [-0.39, 0.29) is 40.1 Å². The lowest BCUT2D eigenvalue weighted by Crippen LogP contribution is -2.54. The van der Waals surface area contributed by atoms with Gasteiger partial charge in [-0.3, -0.25) is 19.7 Å². The Hall–Kier alpha value is -4.06. The Bertz CT molecular complexity index is 1530. The number of benzene rings is 3. The van der Waals surface area contributed by atoms with Gasteiger partial charge in [0.2, 0.25) is 0 Å². The molecule has 3 N–H and O–H groups in total. The first-order valence-electron chi connectivity index (χ1n) is 11.0. The van der Waals surface area contributed by atoms with Gasteiger partial charge in [-0.2, -0.15) is 0 Å². The van der Waals surface area contributed by atoms with Crippen molar-refractivity contribution in [1.82, 2.24) is 5.32 Å². The standard InChI is InChI=1S/C26H18BrCl2N3O7/c1-38-21-10-13(8-17-24(35)31-26(37)32(25(17)36)15-3-5-16(33)6-4-15)9-18(27)23(21)39-12-22(34)30-14-2-7-19(28)20(29)11-14/h2-11,33H,12H2,1H3,(H,30,34)(H,31,35,37)/b17-8-. The lowest BCUT2D eigenvalue weighted by molar-refractivity contribution is -0.122. The number of carbonyl (C=O) groups excluding carboxylic acids is 4. The first kappa shape index (κ1) is 28.0. The van der Waals surface area contributed by atoms with Crippen LogP contribution in [-0.4, -0.2) is 42.6 Å². The highest BCUT2D eigenvalue weighted by atomic mass is 79.9. The molecular formula is C26H18BrCl2N3O7. The second kappa shape index (κ2) is 11.8. The average molecular weight is 635 g/mol. The summed E-state index contributed by atoms with van der Waals surface area (Å²) in [6.45, 7) is -0.375. The van der Waals surface area contributed by atoms with Crippen LogP contribution < -0.4 is 25.0 Å². The van der Waals surface area contributed by atoms with Crippen molar-refractivity contribution in [3.63, 3.8) is 0 Å². The van der Waals surface area contributed by atoms with Gasteiger partial charge in [0.15, 0.2) is 18.1 Å². The molecule has 10 nitrogen and oxygen atoms in total. The quantitative estimate of drug-likeness (QED) is 0.242. The van der Waals surface area contributed by atoms with Crippen LogP contribution in [0.2, 0.25) is 10.0 Å². The Morgan fingerprint density at radius 3 is 2.46 bits per heavy atom. The summed E-state index contributed by atoms with van der Waals surface area (Å²) in [6.07, 6.45) is 1.28. The molecule has 3 aromatic rings. The topological polar surface area (TPSA) is 134 Å². The van der Waals surface area contributed by atoms with Crippen molar-refractivity contribution in [3.05, 3.63) is 80.3 Å². The molecule has 1 saturated heterocycles. The van der Waals surface area contributed by atoms with Crippen LogP contribution >= 0.6 is 39.1 Å². The van der Waals surface area contributed by atoms with Gasteiger partial charge in [-0.15, -0.1) is 0 Å². The average Bonchev–Trinajstić information content (AvgIpc) is 2.88. The number of aromatic hydroxyl groups is 1. The first-order valence-corrected chi connectivity index (χ1v) is 12.6. The molecule has 0 spiro atoms. The normalized spacial score (nSPS) is 14.3. The Kier molecular flexibility index (Phi) is 8.44. The van der Waals surface area contributed by atoms with Crippen LogP contribution in [0.4, 0.5) is 16.2 Å². The van der Waals surface area contributed by atoms with E-state index < -0.39 is 23.8 Å². The second-order valence-electron chi connectivity index (χ2n) is 7.97. The molecule has 0 unspecified atom stereocenters. The first-order chi connectivity index (χ1) is 18.6. The number of anilines is 2. The van der Waals surface area contributed by atoms with Crippen molar-refractivity contribution in [2.75, 3.05) is 23.9 Å². The lowest BCUT2D eigenvalue weighted by Gasteiger charge is -2.26. The number of nitrogens with zero attached hydrogens (tertiary/aromatic N) is 1. The van der Waals surface area contributed by atoms with Gasteiger partial charge < -0.3 is 19.9 Å². The molecule has 1 fully saturated rings. The number of phenolic OH excluding ortho intramolecular Hbond substituents is 1. The van der Waals surface area contributed by atoms with Gasteiger partial charge in [0.1, 0.15) is 11.3 Å². The van der Waals surface area contributed by atoms with Crippen LogP contribution in [0.5, 0.6) is 17.2 Å². The van der Waals surface area contributed by atoms with Crippen molar-refractivity contribution in [2.24, 2.45) is 0 Å². The molecule has 1 heterocycles. The third-order valence-electron chi connectivity index (χ3n) is 5.32. The number of halogens is 3. The number of imide groups is 2. The summed E-state index contributed by atoms with van der Waals surface area (Å²) in [5.41, 5.74) is 0.646. The van der Waals surface area contributed by atoms with E-state index in [4.69, 9.17) is 32.7 Å². The minimum absolute atomic E-state index is 0.0541. The van der Waals surface area contributed by atoms with Crippen molar-refractivity contribution >= 4 is 80.3 Å². The predicted octanol–water partition coefficient (Wildman–Crippen LogP) is 5.15. The smallest absolute Gasteiger partial charge is 0.335 e. The summed E-state index contributed by atoms with van der Waals surface area (Å²) in [4.78, 5) is 51.1. The number of methoxy groups -OCH3 is 1. The molecule has 13 heteroatoms. The molecule has 3 aromatic carbocycles. The molecular weight excluding hydrogens is 617 g/mol. The van der Waals surface area contributed by atoms with Gasteiger partial charge >= 0.3 is 6.03 Å². The fraction of sp³-hybridized carbons (Fsp3) is 0.0769. The summed E-state index contributed by atoms with van der Waals surface area (Å²) >= 11 is 15.2.